The van der Waals surface area contributed by atoms with Crippen molar-refractivity contribution >= 4 is 34.8 Å². The van der Waals surface area contributed by atoms with E-state index in [0.717, 1.165) is 11.1 Å². The summed E-state index contributed by atoms with van der Waals surface area (Å²) in [6.07, 6.45) is 1.62. The van der Waals surface area contributed by atoms with Crippen LogP contribution in [-0.2, 0) is 32.2 Å². The van der Waals surface area contributed by atoms with Crippen molar-refractivity contribution in [1.82, 2.24) is 30.2 Å². The van der Waals surface area contributed by atoms with E-state index in [0.29, 0.717) is 43.6 Å². The molecule has 1 aromatic carbocycles. The van der Waals surface area contributed by atoms with Gasteiger partial charge in [-0.2, -0.15) is 9.97 Å². The molecule has 2 aromatic heterocycles. The molecule has 15 nitrogen and oxygen atoms in total. The number of nitrogens with two attached hydrogens (primary N) is 2. The fraction of sp³-hybridized carbons (Fsp3) is 0.462. The van der Waals surface area contributed by atoms with Gasteiger partial charge >= 0.3 is 17.7 Å². The summed E-state index contributed by atoms with van der Waals surface area (Å²) >= 11 is 0. The summed E-state index contributed by atoms with van der Waals surface area (Å²) < 4.78 is 11.8. The number of benzene rings is 1. The Bertz CT molecular complexity index is 1390. The summed E-state index contributed by atoms with van der Waals surface area (Å²) in [6, 6.07) is 6.49. The molecule has 8 N–H and O–H groups in total. The van der Waals surface area contributed by atoms with Crippen molar-refractivity contribution in [1.29, 1.82) is 0 Å². The first kappa shape index (κ1) is 31.0. The molecular weight excluding hydrogens is 536 g/mol. The number of nitrogen functional groups attached to an aromatic ring is 1. The Morgan fingerprint density at radius 2 is 1.73 bits per heavy atom. The summed E-state index contributed by atoms with van der Waals surface area (Å²) in [5.41, 5.74) is 13.3. The molecule has 2 heterocycles. The lowest BCUT2D eigenvalue weighted by Gasteiger charge is -2.09. The van der Waals surface area contributed by atoms with Gasteiger partial charge in [0.2, 0.25) is 11.8 Å². The molecule has 1 atom stereocenters. The number of aliphatic carboxylic acids is 1. The second kappa shape index (κ2) is 15.3. The van der Waals surface area contributed by atoms with Crippen molar-refractivity contribution in [2.24, 2.45) is 5.73 Å². The fourth-order valence-corrected chi connectivity index (χ4v) is 3.85. The van der Waals surface area contributed by atoms with Crippen LogP contribution in [0, 0.1) is 0 Å². The Morgan fingerprint density at radius 3 is 2.41 bits per heavy atom. The van der Waals surface area contributed by atoms with E-state index >= 15 is 0 Å². The average Bonchev–Trinajstić information content (AvgIpc) is 3.26. The number of nitrogens with zero attached hydrogens (tertiary/aromatic N) is 3. The number of methoxy groups -OCH3 is 1. The van der Waals surface area contributed by atoms with Crippen LogP contribution in [0.2, 0.25) is 0 Å². The average molecular weight is 573 g/mol. The van der Waals surface area contributed by atoms with Crippen molar-refractivity contribution < 1.29 is 29.0 Å². The molecule has 2 amide bonds. The molecular formula is C26H36N8O7. The number of nitrogens with one attached hydrogen (secondary N) is 3. The van der Waals surface area contributed by atoms with Crippen molar-refractivity contribution in [2.75, 3.05) is 32.6 Å². The van der Waals surface area contributed by atoms with E-state index in [1.54, 1.807) is 7.11 Å². The third-order valence-corrected chi connectivity index (χ3v) is 6.16. The van der Waals surface area contributed by atoms with Crippen molar-refractivity contribution in [3.8, 4) is 6.01 Å². The largest absolute Gasteiger partial charge is 0.480 e. The third-order valence-electron chi connectivity index (χ3n) is 6.16. The number of rotatable bonds is 17. The lowest BCUT2D eigenvalue weighted by molar-refractivity contribution is -0.138. The molecule has 3 aromatic rings. The summed E-state index contributed by atoms with van der Waals surface area (Å²) in [6.45, 7) is 1.48. The van der Waals surface area contributed by atoms with Crippen LogP contribution in [0.25, 0.3) is 11.2 Å². The number of aromatic amines is 1. The molecule has 0 unspecified atom stereocenters. The number of anilines is 1. The van der Waals surface area contributed by atoms with Gasteiger partial charge in [0.1, 0.15) is 18.2 Å². The standard InChI is InChI=1S/C26H36N8O7/c1-40-12-13-41-25-32-22(28)21-23(33-25)34(26(39)31-21)15-17-7-5-16(6-8-17)14-30-20(36)10-9-19(35)29-11-3-2-4-18(27)24(37)38/h5-8,18H,2-4,9-15,27H2,1H3,(H,29,35)(H,30,36)(H,31,39)(H,37,38)(H2,28,32,33)/t18-/m0/s1. The maximum absolute atomic E-state index is 12.6. The van der Waals surface area contributed by atoms with Crippen LogP contribution in [0.15, 0.2) is 29.1 Å². The van der Waals surface area contributed by atoms with Gasteiger partial charge in [-0.25, -0.2) is 4.79 Å². The molecule has 0 saturated carbocycles. The zero-order valence-corrected chi connectivity index (χ0v) is 22.9. The van der Waals surface area contributed by atoms with E-state index in [9.17, 15) is 19.2 Å². The summed E-state index contributed by atoms with van der Waals surface area (Å²) in [4.78, 5) is 58.4. The molecule has 0 aliphatic heterocycles. The lowest BCUT2D eigenvalue weighted by Crippen LogP contribution is -2.30. The Kier molecular flexibility index (Phi) is 11.6. The number of carbonyl (C=O) groups excluding carboxylic acids is 2. The monoisotopic (exact) mass is 572 g/mol. The number of H-pyrrole nitrogens is 1. The number of aromatic nitrogens is 4. The van der Waals surface area contributed by atoms with Crippen LogP contribution in [0.5, 0.6) is 6.01 Å². The number of unbranched alkanes of at least 4 members (excludes halogenated alkanes) is 1. The number of carbonyl (C=O) groups is 3. The Labute approximate surface area is 235 Å². The van der Waals surface area contributed by atoms with Crippen LogP contribution in [0.1, 0.15) is 43.2 Å². The second-order valence-corrected chi connectivity index (χ2v) is 9.33. The number of imidazole rings is 1. The predicted octanol–water partition coefficient (Wildman–Crippen LogP) is -0.130. The van der Waals surface area contributed by atoms with E-state index in [1.807, 2.05) is 24.3 Å². The van der Waals surface area contributed by atoms with Crippen LogP contribution in [-0.4, -0.2) is 75.3 Å². The van der Waals surface area contributed by atoms with Gasteiger partial charge in [-0.3, -0.25) is 19.0 Å². The zero-order valence-electron chi connectivity index (χ0n) is 22.9. The van der Waals surface area contributed by atoms with Crippen LogP contribution >= 0.6 is 0 Å². The van der Waals surface area contributed by atoms with Crippen molar-refractivity contribution in [3.63, 3.8) is 0 Å². The van der Waals surface area contributed by atoms with Gasteiger partial charge in [0.15, 0.2) is 11.5 Å². The summed E-state index contributed by atoms with van der Waals surface area (Å²) in [7, 11) is 1.54. The summed E-state index contributed by atoms with van der Waals surface area (Å²) in [5.74, 6) is -1.46. The molecule has 0 aliphatic carbocycles. The van der Waals surface area contributed by atoms with E-state index < -0.39 is 17.7 Å². The minimum absolute atomic E-state index is 0.0411. The molecule has 0 radical (unpaired) electrons. The molecule has 3 rings (SSSR count). The number of fused-ring (bicyclic) bond motifs is 1. The van der Waals surface area contributed by atoms with Gasteiger partial charge in [-0.15, -0.1) is 0 Å². The molecule has 0 fully saturated rings. The van der Waals surface area contributed by atoms with Crippen molar-refractivity contribution in [2.45, 2.75) is 51.2 Å². The maximum Gasteiger partial charge on any atom is 0.328 e. The first-order valence-electron chi connectivity index (χ1n) is 13.1. The van der Waals surface area contributed by atoms with Gasteiger partial charge in [0.25, 0.3) is 0 Å². The lowest BCUT2D eigenvalue weighted by atomic mass is 10.1. The van der Waals surface area contributed by atoms with Gasteiger partial charge in [-0.05, 0) is 30.4 Å². The Hall–Kier alpha value is -4.50. The molecule has 41 heavy (non-hydrogen) atoms. The molecule has 222 valence electrons. The number of amides is 2. The normalized spacial score (nSPS) is 11.8. The Balaban J connectivity index is 1.44. The highest BCUT2D eigenvalue weighted by Crippen LogP contribution is 2.18. The molecule has 0 aliphatic rings. The van der Waals surface area contributed by atoms with E-state index in [4.69, 9.17) is 26.0 Å². The van der Waals surface area contributed by atoms with Gasteiger partial charge in [-0.1, -0.05) is 24.3 Å². The number of hydrogen-bond donors (Lipinski definition) is 6. The summed E-state index contributed by atoms with van der Waals surface area (Å²) in [5, 5.41) is 14.2. The number of carboxylic acid groups (broad SMARTS) is 1. The number of hydrogen-bond acceptors (Lipinski definition) is 10. The van der Waals surface area contributed by atoms with E-state index in [-0.39, 0.29) is 56.2 Å². The molecule has 15 heteroatoms. The Morgan fingerprint density at radius 1 is 1.05 bits per heavy atom. The highest BCUT2D eigenvalue weighted by Gasteiger charge is 2.15. The predicted molar refractivity (Wildman–Crippen MR) is 149 cm³/mol. The van der Waals surface area contributed by atoms with E-state index in [1.165, 1.54) is 4.57 Å². The van der Waals surface area contributed by atoms with Gasteiger partial charge in [0.05, 0.1) is 13.2 Å². The number of ether oxygens (including phenoxy) is 2. The molecule has 0 bridgehead atoms. The number of carboxylic acids is 1. The topological polar surface area (TPSA) is 230 Å². The molecule has 0 saturated heterocycles. The SMILES string of the molecule is COCCOc1nc(N)c2[nH]c(=O)n(Cc3ccc(CNC(=O)CCC(=O)NCCCC[C@H](N)C(=O)O)cc3)c2n1. The molecule has 0 spiro atoms. The zero-order chi connectivity index (χ0) is 29.8. The van der Waals surface area contributed by atoms with Crippen LogP contribution in [0.3, 0.4) is 0 Å². The minimum atomic E-state index is -1.04. The highest BCUT2D eigenvalue weighted by atomic mass is 16.5. The van der Waals surface area contributed by atoms with Gasteiger partial charge < -0.3 is 41.7 Å². The smallest absolute Gasteiger partial charge is 0.328 e. The van der Waals surface area contributed by atoms with Gasteiger partial charge in [0, 0.05) is 33.0 Å². The quantitative estimate of drug-likeness (QED) is 0.117. The first-order valence-corrected chi connectivity index (χ1v) is 13.1. The first-order chi connectivity index (χ1) is 19.7. The second-order valence-electron chi connectivity index (χ2n) is 9.33. The maximum atomic E-state index is 12.6. The van der Waals surface area contributed by atoms with Crippen LogP contribution < -0.4 is 32.5 Å². The van der Waals surface area contributed by atoms with Crippen LogP contribution in [0.4, 0.5) is 5.82 Å². The fourth-order valence-electron chi connectivity index (χ4n) is 3.85. The van der Waals surface area contributed by atoms with Crippen molar-refractivity contribution in [3.05, 3.63) is 45.9 Å². The minimum Gasteiger partial charge on any atom is -0.480 e. The third kappa shape index (κ3) is 9.58. The highest BCUT2D eigenvalue weighted by molar-refractivity contribution is 5.83. The van der Waals surface area contributed by atoms with E-state index in [2.05, 4.69) is 25.6 Å².